The Morgan fingerprint density at radius 3 is 1.96 bits per heavy atom. The van der Waals surface area contributed by atoms with Gasteiger partial charge in [-0.2, -0.15) is 0 Å². The minimum Gasteiger partial charge on any atom is -0.508 e. The maximum Gasteiger partial charge on any atom is 0.203 e. The number of benzene rings is 2. The first-order valence-electron chi connectivity index (χ1n) is 8.61. The smallest absolute Gasteiger partial charge is 0.203 e. The summed E-state index contributed by atoms with van der Waals surface area (Å²) in [5, 5.41) is 12.7. The number of ether oxygens (including phenoxy) is 5. The molecule has 2 aromatic rings. The van der Waals surface area contributed by atoms with Crippen LogP contribution in [-0.2, 0) is 22.4 Å². The number of phenolic OH excluding ortho intramolecular Hbond substituents is 1. The second-order valence-corrected chi connectivity index (χ2v) is 5.82. The van der Waals surface area contributed by atoms with Crippen molar-refractivity contribution in [1.82, 2.24) is 5.32 Å². The van der Waals surface area contributed by atoms with Crippen molar-refractivity contribution in [3.05, 3.63) is 47.5 Å². The fourth-order valence-electron chi connectivity index (χ4n) is 2.52. The van der Waals surface area contributed by atoms with Crippen LogP contribution in [0.5, 0.6) is 23.0 Å². The fraction of sp³-hybridized carbons (Fsp3) is 0.400. The van der Waals surface area contributed by atoms with Crippen LogP contribution in [0.1, 0.15) is 11.1 Å². The molecule has 0 spiro atoms. The molecule has 0 amide bonds. The van der Waals surface area contributed by atoms with Gasteiger partial charge in [-0.05, 0) is 48.4 Å². The lowest BCUT2D eigenvalue weighted by molar-refractivity contribution is 0.0421. The Kier molecular flexibility index (Phi) is 8.70. The SMILES string of the molecule is COCOc1cc(CNCCc2ccc(O)cc2)cc(OCOC)c1OC. The monoisotopic (exact) mass is 377 g/mol. The van der Waals surface area contributed by atoms with Gasteiger partial charge in [0.1, 0.15) is 5.75 Å². The molecule has 0 aromatic heterocycles. The minimum atomic E-state index is 0.109. The molecule has 0 aliphatic rings. The first-order valence-corrected chi connectivity index (χ1v) is 8.61. The van der Waals surface area contributed by atoms with Crippen molar-refractivity contribution in [3.8, 4) is 23.0 Å². The molecule has 0 fully saturated rings. The van der Waals surface area contributed by atoms with Crippen molar-refractivity contribution in [1.29, 1.82) is 0 Å². The molecular weight excluding hydrogens is 350 g/mol. The van der Waals surface area contributed by atoms with Gasteiger partial charge in [-0.3, -0.25) is 0 Å². The van der Waals surface area contributed by atoms with Gasteiger partial charge in [-0.1, -0.05) is 12.1 Å². The van der Waals surface area contributed by atoms with Gasteiger partial charge < -0.3 is 34.1 Å². The zero-order chi connectivity index (χ0) is 19.5. The van der Waals surface area contributed by atoms with Crippen molar-refractivity contribution in [3.63, 3.8) is 0 Å². The molecule has 7 heteroatoms. The molecule has 0 saturated carbocycles. The van der Waals surface area contributed by atoms with E-state index in [0.29, 0.717) is 23.8 Å². The van der Waals surface area contributed by atoms with Gasteiger partial charge in [0.05, 0.1) is 7.11 Å². The molecule has 0 radical (unpaired) electrons. The fourth-order valence-corrected chi connectivity index (χ4v) is 2.52. The van der Waals surface area contributed by atoms with Gasteiger partial charge in [0.2, 0.25) is 5.75 Å². The average molecular weight is 377 g/mol. The van der Waals surface area contributed by atoms with Crippen molar-refractivity contribution in [2.75, 3.05) is 41.5 Å². The van der Waals surface area contributed by atoms with Crippen LogP contribution in [0.4, 0.5) is 0 Å². The van der Waals surface area contributed by atoms with E-state index in [-0.39, 0.29) is 19.3 Å². The van der Waals surface area contributed by atoms with Crippen LogP contribution in [0.2, 0.25) is 0 Å². The first-order chi connectivity index (χ1) is 13.2. The molecule has 0 saturated heterocycles. The van der Waals surface area contributed by atoms with E-state index in [1.165, 1.54) is 0 Å². The third-order valence-corrected chi connectivity index (χ3v) is 3.81. The number of rotatable bonds is 12. The average Bonchev–Trinajstić information content (AvgIpc) is 2.69. The zero-order valence-electron chi connectivity index (χ0n) is 16.0. The Labute approximate surface area is 159 Å². The van der Waals surface area contributed by atoms with Crippen LogP contribution in [0.3, 0.4) is 0 Å². The van der Waals surface area contributed by atoms with Crippen LogP contribution in [0.25, 0.3) is 0 Å². The second kappa shape index (κ2) is 11.3. The highest BCUT2D eigenvalue weighted by Gasteiger charge is 2.15. The molecule has 2 N–H and O–H groups in total. The van der Waals surface area contributed by atoms with E-state index >= 15 is 0 Å². The molecule has 148 valence electrons. The first kappa shape index (κ1) is 20.8. The summed E-state index contributed by atoms with van der Waals surface area (Å²) in [5.74, 6) is 1.86. The van der Waals surface area contributed by atoms with Gasteiger partial charge in [0.25, 0.3) is 0 Å². The van der Waals surface area contributed by atoms with Gasteiger partial charge in [-0.15, -0.1) is 0 Å². The Morgan fingerprint density at radius 1 is 0.852 bits per heavy atom. The summed E-state index contributed by atoms with van der Waals surface area (Å²) >= 11 is 0. The molecule has 2 rings (SSSR count). The number of nitrogens with one attached hydrogen (secondary N) is 1. The van der Waals surface area contributed by atoms with E-state index in [9.17, 15) is 5.11 Å². The van der Waals surface area contributed by atoms with Crippen molar-refractivity contribution in [2.45, 2.75) is 13.0 Å². The maximum atomic E-state index is 9.33. The number of methoxy groups -OCH3 is 3. The predicted octanol–water partition coefficient (Wildman–Crippen LogP) is 2.70. The Morgan fingerprint density at radius 2 is 1.44 bits per heavy atom. The summed E-state index contributed by atoms with van der Waals surface area (Å²) in [6, 6.07) is 11.0. The third kappa shape index (κ3) is 6.63. The topological polar surface area (TPSA) is 78.4 Å². The summed E-state index contributed by atoms with van der Waals surface area (Å²) < 4.78 is 26.6. The molecule has 27 heavy (non-hydrogen) atoms. The van der Waals surface area contributed by atoms with Crippen LogP contribution in [0.15, 0.2) is 36.4 Å². The number of phenols is 1. The highest BCUT2D eigenvalue weighted by Crippen LogP contribution is 2.38. The van der Waals surface area contributed by atoms with Gasteiger partial charge >= 0.3 is 0 Å². The largest absolute Gasteiger partial charge is 0.508 e. The van der Waals surface area contributed by atoms with E-state index in [1.807, 2.05) is 24.3 Å². The molecule has 0 heterocycles. The van der Waals surface area contributed by atoms with E-state index in [0.717, 1.165) is 24.1 Å². The normalized spacial score (nSPS) is 10.6. The van der Waals surface area contributed by atoms with E-state index in [1.54, 1.807) is 33.5 Å². The highest BCUT2D eigenvalue weighted by atomic mass is 16.7. The Bertz CT molecular complexity index is 660. The summed E-state index contributed by atoms with van der Waals surface area (Å²) in [4.78, 5) is 0. The molecule has 0 aliphatic heterocycles. The maximum absolute atomic E-state index is 9.33. The van der Waals surface area contributed by atoms with Crippen LogP contribution in [-0.4, -0.2) is 46.6 Å². The molecule has 0 aliphatic carbocycles. The Hall–Kier alpha value is -2.48. The molecule has 7 nitrogen and oxygen atoms in total. The standard InChI is InChI=1S/C20H27NO6/c1-23-13-26-18-10-16(11-19(20(18)25-3)27-14-24-2)12-21-9-8-15-4-6-17(22)7-5-15/h4-7,10-11,21-22H,8-9,12-14H2,1-3H3. The summed E-state index contributed by atoms with van der Waals surface area (Å²) in [6.07, 6.45) is 0.858. The van der Waals surface area contributed by atoms with Crippen molar-refractivity contribution in [2.24, 2.45) is 0 Å². The second-order valence-electron chi connectivity index (χ2n) is 5.82. The van der Waals surface area contributed by atoms with Crippen LogP contribution in [0, 0.1) is 0 Å². The molecule has 0 atom stereocenters. The number of aromatic hydroxyl groups is 1. The number of hydrogen-bond donors (Lipinski definition) is 2. The molecule has 0 unspecified atom stereocenters. The molecular formula is C20H27NO6. The predicted molar refractivity (Wildman–Crippen MR) is 102 cm³/mol. The minimum absolute atomic E-state index is 0.109. The molecule has 2 aromatic carbocycles. The van der Waals surface area contributed by atoms with E-state index in [4.69, 9.17) is 23.7 Å². The summed E-state index contributed by atoms with van der Waals surface area (Å²) in [7, 11) is 4.68. The van der Waals surface area contributed by atoms with E-state index in [2.05, 4.69) is 5.32 Å². The lowest BCUT2D eigenvalue weighted by atomic mass is 10.1. The lowest BCUT2D eigenvalue weighted by Gasteiger charge is -2.17. The number of hydrogen-bond acceptors (Lipinski definition) is 7. The Balaban J connectivity index is 2.01. The van der Waals surface area contributed by atoms with Crippen LogP contribution < -0.4 is 19.5 Å². The van der Waals surface area contributed by atoms with Gasteiger partial charge in [0.15, 0.2) is 25.1 Å². The van der Waals surface area contributed by atoms with Gasteiger partial charge in [-0.25, -0.2) is 0 Å². The summed E-state index contributed by atoms with van der Waals surface area (Å²) in [6.45, 7) is 1.64. The summed E-state index contributed by atoms with van der Waals surface area (Å²) in [5.41, 5.74) is 2.14. The van der Waals surface area contributed by atoms with Crippen LogP contribution >= 0.6 is 0 Å². The lowest BCUT2D eigenvalue weighted by Crippen LogP contribution is -2.17. The zero-order valence-corrected chi connectivity index (χ0v) is 16.0. The van der Waals surface area contributed by atoms with Gasteiger partial charge in [0, 0.05) is 20.8 Å². The van der Waals surface area contributed by atoms with E-state index < -0.39 is 0 Å². The van der Waals surface area contributed by atoms with Crippen molar-refractivity contribution < 1.29 is 28.8 Å². The molecule has 0 bridgehead atoms. The van der Waals surface area contributed by atoms with Crippen molar-refractivity contribution >= 4 is 0 Å². The third-order valence-electron chi connectivity index (χ3n) is 3.81. The quantitative estimate of drug-likeness (QED) is 0.435. The highest BCUT2D eigenvalue weighted by molar-refractivity contribution is 5.53.